The zero-order valence-electron chi connectivity index (χ0n) is 16.2. The molecular weight excluding hydrogens is 382 g/mol. The van der Waals surface area contributed by atoms with E-state index in [9.17, 15) is 4.79 Å². The molecule has 1 aliphatic heterocycles. The van der Waals surface area contributed by atoms with E-state index in [-0.39, 0.29) is 5.91 Å². The number of alkyl halides is 1. The molecular formula is C24H22ClN3O. The smallest absolute Gasteiger partial charge is 0.251 e. The normalized spacial score (nSPS) is 17.7. The number of hydrogen-bond donors (Lipinski definition) is 1. The summed E-state index contributed by atoms with van der Waals surface area (Å²) in [6, 6.07) is 15.5. The molecule has 4 nitrogen and oxygen atoms in total. The van der Waals surface area contributed by atoms with E-state index in [1.165, 1.54) is 0 Å². The van der Waals surface area contributed by atoms with Crippen molar-refractivity contribution in [3.8, 4) is 0 Å². The van der Waals surface area contributed by atoms with Gasteiger partial charge in [-0.3, -0.25) is 4.79 Å². The number of rotatable bonds is 5. The van der Waals surface area contributed by atoms with Gasteiger partial charge in [-0.05, 0) is 55.3 Å². The van der Waals surface area contributed by atoms with E-state index in [0.717, 1.165) is 33.6 Å². The van der Waals surface area contributed by atoms with Crippen LogP contribution in [0.1, 0.15) is 22.8 Å². The average Bonchev–Trinajstić information content (AvgIpc) is 2.89. The molecule has 1 N–H and O–H groups in total. The predicted octanol–water partition coefficient (Wildman–Crippen LogP) is 3.64. The van der Waals surface area contributed by atoms with Crippen molar-refractivity contribution >= 4 is 40.7 Å². The largest absolute Gasteiger partial charge is 0.352 e. The number of hydrogen-bond acceptors (Lipinski definition) is 2. The second-order valence-electron chi connectivity index (χ2n) is 7.25. The van der Waals surface area contributed by atoms with Gasteiger partial charge in [0.05, 0.1) is 10.4 Å². The first-order chi connectivity index (χ1) is 14.0. The van der Waals surface area contributed by atoms with E-state index >= 15 is 0 Å². The number of fused-ring (bicyclic) bond motifs is 3. The molecule has 3 aromatic rings. The maximum atomic E-state index is 12.2. The molecule has 0 bridgehead atoms. The fourth-order valence-corrected chi connectivity index (χ4v) is 3.75. The molecule has 2 heterocycles. The van der Waals surface area contributed by atoms with E-state index in [0.29, 0.717) is 12.1 Å². The minimum absolute atomic E-state index is 0.0607. The quantitative estimate of drug-likeness (QED) is 0.649. The van der Waals surface area contributed by atoms with Crippen LogP contribution in [-0.2, 0) is 6.42 Å². The van der Waals surface area contributed by atoms with Gasteiger partial charge in [0.15, 0.2) is 0 Å². The SMILES string of the molecule is C=Cn1c2c(c3cc(CCNC(=O)c4ccccc4)ccc31)=CC(C)(Cl)C=CN=2. The Morgan fingerprint density at radius 3 is 2.83 bits per heavy atom. The molecule has 0 spiro atoms. The van der Waals surface area contributed by atoms with Gasteiger partial charge in [-0.15, -0.1) is 11.6 Å². The number of benzene rings is 2. The Morgan fingerprint density at radius 1 is 1.28 bits per heavy atom. The van der Waals surface area contributed by atoms with Gasteiger partial charge in [-0.2, -0.15) is 0 Å². The highest BCUT2D eigenvalue weighted by Gasteiger charge is 2.17. The zero-order chi connectivity index (χ0) is 20.4. The van der Waals surface area contributed by atoms with Gasteiger partial charge in [0.25, 0.3) is 5.91 Å². The Kier molecular flexibility index (Phi) is 5.12. The Balaban J connectivity index is 1.64. The maximum Gasteiger partial charge on any atom is 0.251 e. The van der Waals surface area contributed by atoms with Crippen LogP contribution in [-0.4, -0.2) is 21.9 Å². The van der Waals surface area contributed by atoms with Crippen LogP contribution < -0.4 is 16.0 Å². The lowest BCUT2D eigenvalue weighted by molar-refractivity contribution is 0.0954. The standard InChI is InChI=1S/C24H22ClN3O/c1-3-28-21-10-9-17(11-13-27-23(29)18-7-5-4-6-8-18)15-19(21)20-16-24(2,25)12-14-26-22(20)28/h3-10,12,14-16H,1,11,13H2,2H3,(H,27,29). The fraction of sp³-hybridized carbons (Fsp3) is 0.167. The fourth-order valence-electron chi connectivity index (χ4n) is 3.58. The van der Waals surface area contributed by atoms with Crippen molar-refractivity contribution < 1.29 is 4.79 Å². The molecule has 0 saturated heterocycles. The van der Waals surface area contributed by atoms with Crippen molar-refractivity contribution in [2.24, 2.45) is 4.99 Å². The van der Waals surface area contributed by atoms with E-state index in [1.807, 2.05) is 54.0 Å². The van der Waals surface area contributed by atoms with Gasteiger partial charge in [0.2, 0.25) is 0 Å². The molecule has 2 aromatic carbocycles. The third-order valence-electron chi connectivity index (χ3n) is 5.02. The molecule has 29 heavy (non-hydrogen) atoms. The highest BCUT2D eigenvalue weighted by molar-refractivity contribution is 6.28. The molecule has 0 aliphatic carbocycles. The number of nitrogens with zero attached hydrogens (tertiary/aromatic N) is 2. The van der Waals surface area contributed by atoms with Crippen molar-refractivity contribution in [1.29, 1.82) is 0 Å². The number of carbonyl (C=O) groups is 1. The minimum Gasteiger partial charge on any atom is -0.352 e. The number of carbonyl (C=O) groups excluding carboxylic acids is 1. The van der Waals surface area contributed by atoms with Crippen LogP contribution in [0.15, 0.2) is 72.4 Å². The van der Waals surface area contributed by atoms with Crippen molar-refractivity contribution in [2.75, 3.05) is 6.54 Å². The first-order valence-electron chi connectivity index (χ1n) is 9.54. The van der Waals surface area contributed by atoms with Crippen molar-refractivity contribution in [3.05, 3.63) is 89.2 Å². The lowest BCUT2D eigenvalue weighted by Crippen LogP contribution is -2.28. The second-order valence-corrected chi connectivity index (χ2v) is 8.07. The van der Waals surface area contributed by atoms with Crippen LogP contribution >= 0.6 is 11.6 Å². The third-order valence-corrected chi connectivity index (χ3v) is 5.26. The number of nitrogens with one attached hydrogen (secondary N) is 1. The van der Waals surface area contributed by atoms with Crippen LogP contribution in [0.5, 0.6) is 0 Å². The Labute approximate surface area is 174 Å². The molecule has 1 aromatic heterocycles. The molecule has 1 unspecified atom stereocenters. The molecule has 0 saturated carbocycles. The lowest BCUT2D eigenvalue weighted by atomic mass is 10.1. The van der Waals surface area contributed by atoms with Gasteiger partial charge in [-0.25, -0.2) is 4.99 Å². The van der Waals surface area contributed by atoms with E-state index in [1.54, 1.807) is 12.4 Å². The summed E-state index contributed by atoms with van der Waals surface area (Å²) in [4.78, 5) is 16.2. The van der Waals surface area contributed by atoms with Gasteiger partial charge in [-0.1, -0.05) is 30.8 Å². The Morgan fingerprint density at radius 2 is 2.07 bits per heavy atom. The van der Waals surface area contributed by atoms with Gasteiger partial charge in [0.1, 0.15) is 5.49 Å². The van der Waals surface area contributed by atoms with E-state index in [2.05, 4.69) is 35.1 Å². The summed E-state index contributed by atoms with van der Waals surface area (Å²) in [6.07, 6.45) is 8.14. The molecule has 146 valence electrons. The van der Waals surface area contributed by atoms with Gasteiger partial charge in [0, 0.05) is 35.1 Å². The average molecular weight is 404 g/mol. The summed E-state index contributed by atoms with van der Waals surface area (Å²) >= 11 is 6.59. The molecule has 1 amide bonds. The summed E-state index contributed by atoms with van der Waals surface area (Å²) in [5, 5.41) is 5.05. The highest BCUT2D eigenvalue weighted by atomic mass is 35.5. The molecule has 1 aliphatic rings. The third kappa shape index (κ3) is 3.89. The summed E-state index contributed by atoms with van der Waals surface area (Å²) in [5.74, 6) is -0.0607. The highest BCUT2D eigenvalue weighted by Crippen LogP contribution is 2.21. The summed E-state index contributed by atoms with van der Waals surface area (Å²) in [6.45, 7) is 6.44. The monoisotopic (exact) mass is 403 g/mol. The van der Waals surface area contributed by atoms with E-state index < -0.39 is 4.87 Å². The molecule has 0 fully saturated rings. The first-order valence-corrected chi connectivity index (χ1v) is 9.92. The zero-order valence-corrected chi connectivity index (χ0v) is 17.0. The van der Waals surface area contributed by atoms with Crippen LogP contribution in [0.2, 0.25) is 0 Å². The topological polar surface area (TPSA) is 46.4 Å². The van der Waals surface area contributed by atoms with Crippen molar-refractivity contribution in [2.45, 2.75) is 18.2 Å². The molecule has 5 heteroatoms. The van der Waals surface area contributed by atoms with Crippen LogP contribution in [0.25, 0.3) is 23.2 Å². The Hall–Kier alpha value is -3.11. The minimum atomic E-state index is -0.602. The molecule has 0 radical (unpaired) electrons. The van der Waals surface area contributed by atoms with Crippen molar-refractivity contribution in [1.82, 2.24) is 9.88 Å². The lowest BCUT2D eigenvalue weighted by Gasteiger charge is -2.09. The maximum absolute atomic E-state index is 12.2. The number of aromatic nitrogens is 1. The molecule has 1 atom stereocenters. The number of halogens is 1. The van der Waals surface area contributed by atoms with Crippen LogP contribution in [0.4, 0.5) is 0 Å². The van der Waals surface area contributed by atoms with Gasteiger partial charge < -0.3 is 9.88 Å². The van der Waals surface area contributed by atoms with Crippen LogP contribution in [0.3, 0.4) is 0 Å². The van der Waals surface area contributed by atoms with Gasteiger partial charge >= 0.3 is 0 Å². The van der Waals surface area contributed by atoms with Crippen molar-refractivity contribution in [3.63, 3.8) is 0 Å². The summed E-state index contributed by atoms with van der Waals surface area (Å²) in [5.41, 5.74) is 3.66. The molecule has 4 rings (SSSR count). The summed E-state index contributed by atoms with van der Waals surface area (Å²) < 4.78 is 1.98. The predicted molar refractivity (Wildman–Crippen MR) is 119 cm³/mol. The Bertz CT molecular complexity index is 1240. The summed E-state index contributed by atoms with van der Waals surface area (Å²) in [7, 11) is 0. The van der Waals surface area contributed by atoms with E-state index in [4.69, 9.17) is 11.6 Å². The van der Waals surface area contributed by atoms with Crippen LogP contribution in [0, 0.1) is 0 Å². The first kappa shape index (κ1) is 19.2. The number of amides is 1. The second kappa shape index (κ2) is 7.72. The number of allylic oxidation sites excluding steroid dienone is 1.